The maximum Gasteiger partial charge on any atom is 0.164 e. The van der Waals surface area contributed by atoms with Gasteiger partial charge in [-0.2, -0.15) is 0 Å². The zero-order valence-corrected chi connectivity index (χ0v) is 30.0. The van der Waals surface area contributed by atoms with Gasteiger partial charge in [-0.05, 0) is 51.2 Å². The Morgan fingerprint density at radius 3 is 1.50 bits per heavy atom. The maximum absolute atomic E-state index is 6.98. The van der Waals surface area contributed by atoms with Gasteiger partial charge in [-0.3, -0.25) is 0 Å². The van der Waals surface area contributed by atoms with Crippen LogP contribution in [0.5, 0.6) is 0 Å². The summed E-state index contributed by atoms with van der Waals surface area (Å²) >= 11 is 0. The van der Waals surface area contributed by atoms with Crippen LogP contribution in [0.1, 0.15) is 0 Å². The SMILES string of the molecule is c1ccc(-c2nc(-c3ccccc3)nc(-c3cccc4oc5c6ccccc6cc(-n6c7ccc8ccccc8c7c7c8ccccc8ccc76)c5c34)n2)cc1. The molecule has 0 N–H and O–H groups in total. The van der Waals surface area contributed by atoms with Gasteiger partial charge < -0.3 is 8.98 Å². The van der Waals surface area contributed by atoms with Crippen molar-refractivity contribution in [2.45, 2.75) is 0 Å². The van der Waals surface area contributed by atoms with Crippen LogP contribution in [0.3, 0.4) is 0 Å². The summed E-state index contributed by atoms with van der Waals surface area (Å²) in [5.41, 5.74) is 7.64. The number of furan rings is 1. The van der Waals surface area contributed by atoms with Crippen LogP contribution in [0.2, 0.25) is 0 Å². The Morgan fingerprint density at radius 1 is 0.375 bits per heavy atom. The molecule has 12 aromatic rings. The van der Waals surface area contributed by atoms with E-state index in [0.717, 1.165) is 66.1 Å². The van der Waals surface area contributed by atoms with Gasteiger partial charge in [0, 0.05) is 38.2 Å². The highest BCUT2D eigenvalue weighted by molar-refractivity contribution is 6.30. The van der Waals surface area contributed by atoms with E-state index in [-0.39, 0.29) is 0 Å². The number of hydrogen-bond acceptors (Lipinski definition) is 4. The summed E-state index contributed by atoms with van der Waals surface area (Å²) in [6.07, 6.45) is 0. The molecule has 0 aliphatic heterocycles. The van der Waals surface area contributed by atoms with E-state index in [0.29, 0.717) is 17.5 Å². The Hall–Kier alpha value is -7.63. The van der Waals surface area contributed by atoms with Gasteiger partial charge in [0.05, 0.1) is 22.1 Å². The summed E-state index contributed by atoms with van der Waals surface area (Å²) < 4.78 is 9.42. The second-order valence-corrected chi connectivity index (χ2v) is 14.3. The second kappa shape index (κ2) is 11.9. The fourth-order valence-corrected chi connectivity index (χ4v) is 8.73. The van der Waals surface area contributed by atoms with Gasteiger partial charge in [-0.15, -0.1) is 0 Å². The molecule has 0 fully saturated rings. The predicted octanol–water partition coefficient (Wildman–Crippen LogP) is 13.3. The van der Waals surface area contributed by atoms with Gasteiger partial charge >= 0.3 is 0 Å². The van der Waals surface area contributed by atoms with E-state index in [1.54, 1.807) is 0 Å². The number of benzene rings is 9. The van der Waals surface area contributed by atoms with Crippen molar-refractivity contribution in [3.8, 4) is 39.9 Å². The minimum absolute atomic E-state index is 0.587. The van der Waals surface area contributed by atoms with Crippen molar-refractivity contribution in [2.24, 2.45) is 0 Å². The number of aromatic nitrogens is 4. The Kier molecular flexibility index (Phi) is 6.56. The Bertz CT molecular complexity index is 3380. The van der Waals surface area contributed by atoms with Gasteiger partial charge in [0.15, 0.2) is 17.5 Å². The van der Waals surface area contributed by atoms with Gasteiger partial charge in [-0.1, -0.05) is 158 Å². The molecule has 0 bridgehead atoms. The van der Waals surface area contributed by atoms with Crippen LogP contribution in [-0.4, -0.2) is 19.5 Å². The molecular formula is C51H30N4O. The third kappa shape index (κ3) is 4.52. The predicted molar refractivity (Wildman–Crippen MR) is 230 cm³/mol. The third-order valence-electron chi connectivity index (χ3n) is 11.2. The quantitative estimate of drug-likeness (QED) is 0.182. The lowest BCUT2D eigenvalue weighted by Crippen LogP contribution is -2.00. The lowest BCUT2D eigenvalue weighted by atomic mass is 10.00. The first-order valence-corrected chi connectivity index (χ1v) is 18.9. The molecule has 56 heavy (non-hydrogen) atoms. The van der Waals surface area contributed by atoms with Crippen LogP contribution in [0, 0.1) is 0 Å². The normalized spacial score (nSPS) is 11.9. The van der Waals surface area contributed by atoms with Crippen molar-refractivity contribution < 1.29 is 4.42 Å². The maximum atomic E-state index is 6.98. The lowest BCUT2D eigenvalue weighted by molar-refractivity contribution is 0.672. The summed E-state index contributed by atoms with van der Waals surface area (Å²) in [6, 6.07) is 63.8. The standard InChI is InChI=1S/C51H30N4O/c1-3-16-33(17-4-1)49-52-50(34-18-5-2-6-19-34)54-51(53-49)39-24-13-25-43-46(39)47-42(30-35-20-9-12-23-38(35)48(47)56-43)55-40-28-26-31-14-7-10-21-36(31)44(40)45-37-22-11-8-15-32(37)27-29-41(45)55/h1-30H. The molecule has 0 atom stereocenters. The number of fused-ring (bicyclic) bond motifs is 12. The smallest absolute Gasteiger partial charge is 0.164 e. The summed E-state index contributed by atoms with van der Waals surface area (Å²) in [7, 11) is 0. The molecule has 0 saturated carbocycles. The summed E-state index contributed by atoms with van der Waals surface area (Å²) in [5.74, 6) is 1.82. The molecule has 260 valence electrons. The van der Waals surface area contributed by atoms with Crippen molar-refractivity contribution in [3.05, 3.63) is 182 Å². The fraction of sp³-hybridized carbons (Fsp3) is 0. The van der Waals surface area contributed by atoms with E-state index in [1.165, 1.54) is 32.3 Å². The van der Waals surface area contributed by atoms with Crippen molar-refractivity contribution in [2.75, 3.05) is 0 Å². The molecule has 3 aromatic heterocycles. The molecule has 9 aromatic carbocycles. The summed E-state index contributed by atoms with van der Waals surface area (Å²) in [6.45, 7) is 0. The van der Waals surface area contributed by atoms with Crippen LogP contribution in [-0.2, 0) is 0 Å². The van der Waals surface area contributed by atoms with Crippen molar-refractivity contribution >= 4 is 76.1 Å². The zero-order chi connectivity index (χ0) is 36.7. The second-order valence-electron chi connectivity index (χ2n) is 14.3. The minimum atomic E-state index is 0.587. The van der Waals surface area contributed by atoms with Gasteiger partial charge in [0.25, 0.3) is 0 Å². The van der Waals surface area contributed by atoms with Crippen LogP contribution in [0.4, 0.5) is 0 Å². The van der Waals surface area contributed by atoms with Gasteiger partial charge in [0.1, 0.15) is 11.2 Å². The van der Waals surface area contributed by atoms with E-state index in [1.807, 2.05) is 66.7 Å². The first kappa shape index (κ1) is 30.8. The van der Waals surface area contributed by atoms with E-state index >= 15 is 0 Å². The van der Waals surface area contributed by atoms with Crippen LogP contribution >= 0.6 is 0 Å². The van der Waals surface area contributed by atoms with Crippen LogP contribution < -0.4 is 0 Å². The molecule has 0 unspecified atom stereocenters. The molecule has 0 aliphatic rings. The van der Waals surface area contributed by atoms with E-state index < -0.39 is 0 Å². The fourth-order valence-electron chi connectivity index (χ4n) is 8.73. The molecular weight excluding hydrogens is 685 g/mol. The highest BCUT2D eigenvalue weighted by Gasteiger charge is 2.25. The molecule has 0 saturated heterocycles. The van der Waals surface area contributed by atoms with E-state index in [9.17, 15) is 0 Å². The molecule has 5 nitrogen and oxygen atoms in total. The number of nitrogens with zero attached hydrogens (tertiary/aromatic N) is 4. The first-order valence-electron chi connectivity index (χ1n) is 18.9. The van der Waals surface area contributed by atoms with E-state index in [2.05, 4.69) is 120 Å². The highest BCUT2D eigenvalue weighted by atomic mass is 16.3. The first-order chi connectivity index (χ1) is 27.8. The van der Waals surface area contributed by atoms with Crippen molar-refractivity contribution in [1.82, 2.24) is 19.5 Å². The largest absolute Gasteiger partial charge is 0.455 e. The van der Waals surface area contributed by atoms with Crippen molar-refractivity contribution in [3.63, 3.8) is 0 Å². The monoisotopic (exact) mass is 714 g/mol. The molecule has 0 radical (unpaired) electrons. The number of rotatable bonds is 4. The van der Waals surface area contributed by atoms with E-state index in [4.69, 9.17) is 19.4 Å². The molecule has 12 rings (SSSR count). The average molecular weight is 715 g/mol. The number of hydrogen-bond donors (Lipinski definition) is 0. The van der Waals surface area contributed by atoms with Gasteiger partial charge in [-0.25, -0.2) is 15.0 Å². The lowest BCUT2D eigenvalue weighted by Gasteiger charge is -2.13. The zero-order valence-electron chi connectivity index (χ0n) is 30.0. The topological polar surface area (TPSA) is 56.7 Å². The molecule has 0 amide bonds. The van der Waals surface area contributed by atoms with Gasteiger partial charge in [0.2, 0.25) is 0 Å². The highest BCUT2D eigenvalue weighted by Crippen LogP contribution is 2.46. The molecule has 5 heteroatoms. The van der Waals surface area contributed by atoms with Crippen LogP contribution in [0.15, 0.2) is 186 Å². The van der Waals surface area contributed by atoms with Crippen molar-refractivity contribution in [1.29, 1.82) is 0 Å². The average Bonchev–Trinajstić information content (AvgIpc) is 3.84. The Balaban J connectivity index is 1.25. The molecule has 0 spiro atoms. The Morgan fingerprint density at radius 2 is 0.893 bits per heavy atom. The third-order valence-corrected chi connectivity index (χ3v) is 11.2. The molecule has 0 aliphatic carbocycles. The Labute approximate surface area is 320 Å². The summed E-state index contributed by atoms with van der Waals surface area (Å²) in [4.78, 5) is 15.4. The van der Waals surface area contributed by atoms with Crippen LogP contribution in [0.25, 0.3) is 116 Å². The molecule has 3 heterocycles. The minimum Gasteiger partial charge on any atom is -0.455 e. The summed E-state index contributed by atoms with van der Waals surface area (Å²) in [5, 5.41) is 11.5.